The number of hydrogen-bond acceptors (Lipinski definition) is 5. The van der Waals surface area contributed by atoms with Gasteiger partial charge in [-0.05, 0) is 42.0 Å². The van der Waals surface area contributed by atoms with E-state index in [2.05, 4.69) is 33.0 Å². The minimum atomic E-state index is -0.462. The summed E-state index contributed by atoms with van der Waals surface area (Å²) in [4.78, 5) is 25.3. The van der Waals surface area contributed by atoms with Crippen LogP contribution in [0.1, 0.15) is 49.6 Å². The number of nitrogens with one attached hydrogen (secondary N) is 2. The fourth-order valence-corrected chi connectivity index (χ4v) is 3.42. The van der Waals surface area contributed by atoms with Gasteiger partial charge in [-0.2, -0.15) is 4.80 Å². The van der Waals surface area contributed by atoms with E-state index in [-0.39, 0.29) is 12.6 Å². The van der Waals surface area contributed by atoms with Crippen molar-refractivity contribution in [2.45, 2.75) is 58.5 Å². The van der Waals surface area contributed by atoms with Crippen molar-refractivity contribution in [3.8, 4) is 0 Å². The predicted octanol–water partition coefficient (Wildman–Crippen LogP) is 1.98. The van der Waals surface area contributed by atoms with Crippen molar-refractivity contribution in [3.05, 3.63) is 41.2 Å². The normalized spacial score (nSPS) is 19.5. The molecule has 1 fully saturated rings. The molecule has 27 heavy (non-hydrogen) atoms. The van der Waals surface area contributed by atoms with E-state index in [1.165, 1.54) is 11.2 Å². The maximum Gasteiger partial charge on any atom is 0.321 e. The lowest BCUT2D eigenvalue weighted by molar-refractivity contribution is -0.121. The van der Waals surface area contributed by atoms with Gasteiger partial charge in [0.2, 0.25) is 0 Å². The highest BCUT2D eigenvalue weighted by Crippen LogP contribution is 2.23. The molecule has 0 radical (unpaired) electrons. The highest BCUT2D eigenvalue weighted by atomic mass is 16.2. The number of carbonyl (C=O) groups excluding carboxylic acids is 2. The van der Waals surface area contributed by atoms with E-state index in [4.69, 9.17) is 0 Å². The number of urea groups is 1. The van der Waals surface area contributed by atoms with Gasteiger partial charge in [0, 0.05) is 12.5 Å². The Hall–Kier alpha value is -2.77. The van der Waals surface area contributed by atoms with Gasteiger partial charge in [0.25, 0.3) is 5.91 Å². The van der Waals surface area contributed by atoms with E-state index < -0.39 is 11.9 Å². The number of aryl methyl sites for hydroxylation is 1. The Balaban J connectivity index is 1.49. The molecule has 144 valence electrons. The van der Waals surface area contributed by atoms with Gasteiger partial charge < -0.3 is 5.32 Å². The van der Waals surface area contributed by atoms with Crippen LogP contribution < -0.4 is 10.6 Å². The molecule has 3 rings (SSSR count). The molecule has 3 amide bonds. The van der Waals surface area contributed by atoms with E-state index in [1.54, 1.807) is 0 Å². The third kappa shape index (κ3) is 5.35. The second-order valence-corrected chi connectivity index (χ2v) is 7.23. The molecule has 0 aliphatic heterocycles. The molecule has 8 heteroatoms. The first-order valence-corrected chi connectivity index (χ1v) is 9.43. The van der Waals surface area contributed by atoms with Gasteiger partial charge in [0.1, 0.15) is 6.54 Å². The molecular weight excluding hydrogens is 344 g/mol. The van der Waals surface area contributed by atoms with Gasteiger partial charge in [0.05, 0.1) is 0 Å². The van der Waals surface area contributed by atoms with Gasteiger partial charge in [-0.1, -0.05) is 44.0 Å². The lowest BCUT2D eigenvalue weighted by atomic mass is 9.86. The number of carbonyl (C=O) groups is 2. The first-order chi connectivity index (χ1) is 13.0. The van der Waals surface area contributed by atoms with Crippen molar-refractivity contribution >= 4 is 11.9 Å². The molecule has 1 aromatic carbocycles. The van der Waals surface area contributed by atoms with Crippen LogP contribution in [0.4, 0.5) is 4.79 Å². The first-order valence-electron chi connectivity index (χ1n) is 9.43. The molecule has 2 aromatic rings. The van der Waals surface area contributed by atoms with E-state index in [9.17, 15) is 9.59 Å². The minimum absolute atomic E-state index is 0.122. The number of tetrazole rings is 1. The predicted molar refractivity (Wildman–Crippen MR) is 99.9 cm³/mol. The molecule has 1 heterocycles. The quantitative estimate of drug-likeness (QED) is 0.838. The van der Waals surface area contributed by atoms with Crippen LogP contribution >= 0.6 is 0 Å². The summed E-state index contributed by atoms with van der Waals surface area (Å²) < 4.78 is 0. The van der Waals surface area contributed by atoms with Crippen molar-refractivity contribution in [2.75, 3.05) is 0 Å². The Labute approximate surface area is 158 Å². The third-order valence-electron chi connectivity index (χ3n) is 5.07. The molecule has 1 aliphatic carbocycles. The summed E-state index contributed by atoms with van der Waals surface area (Å²) in [5, 5.41) is 17.4. The zero-order chi connectivity index (χ0) is 19.2. The number of amides is 3. The summed E-state index contributed by atoms with van der Waals surface area (Å²) in [6, 6.07) is 7.65. The number of nitrogens with zero attached hydrogens (tertiary/aromatic N) is 4. The monoisotopic (exact) mass is 370 g/mol. The minimum Gasteiger partial charge on any atom is -0.335 e. The molecule has 8 nitrogen and oxygen atoms in total. The van der Waals surface area contributed by atoms with Crippen molar-refractivity contribution in [3.63, 3.8) is 0 Å². The topological polar surface area (TPSA) is 102 Å². The van der Waals surface area contributed by atoms with E-state index in [1.807, 2.05) is 31.2 Å². The summed E-state index contributed by atoms with van der Waals surface area (Å²) in [7, 11) is 0. The van der Waals surface area contributed by atoms with Crippen LogP contribution in [0.5, 0.6) is 0 Å². The van der Waals surface area contributed by atoms with Crippen LogP contribution in [0.25, 0.3) is 0 Å². The summed E-state index contributed by atoms with van der Waals surface area (Å²) in [5.74, 6) is 0.508. The summed E-state index contributed by atoms with van der Waals surface area (Å²) in [5.41, 5.74) is 2.27. The lowest BCUT2D eigenvalue weighted by Gasteiger charge is -2.29. The molecule has 0 saturated heterocycles. The lowest BCUT2D eigenvalue weighted by Crippen LogP contribution is -2.48. The van der Waals surface area contributed by atoms with Crippen LogP contribution in [0, 0.1) is 12.8 Å². The largest absolute Gasteiger partial charge is 0.335 e. The van der Waals surface area contributed by atoms with E-state index >= 15 is 0 Å². The second kappa shape index (κ2) is 8.75. The standard InChI is InChI=1S/C19H26N6O2/c1-13-7-3-5-9-15(13)11-17-22-24-25(23-17)12-18(26)21-19(27)20-16-10-6-4-8-14(16)2/h3,5,7,9,14,16H,4,6,8,10-12H2,1-2H3,(H2,20,21,26,27). The molecule has 1 aromatic heterocycles. The summed E-state index contributed by atoms with van der Waals surface area (Å²) >= 11 is 0. The average Bonchev–Trinajstić information content (AvgIpc) is 3.05. The number of imide groups is 1. The van der Waals surface area contributed by atoms with Crippen LogP contribution in [-0.4, -0.2) is 38.2 Å². The first kappa shape index (κ1) is 19.0. The van der Waals surface area contributed by atoms with Gasteiger partial charge in [-0.3, -0.25) is 10.1 Å². The molecule has 2 unspecified atom stereocenters. The number of benzene rings is 1. The molecule has 0 bridgehead atoms. The van der Waals surface area contributed by atoms with Crippen molar-refractivity contribution in [1.82, 2.24) is 30.8 Å². The van der Waals surface area contributed by atoms with Gasteiger partial charge in [0.15, 0.2) is 5.82 Å². The fraction of sp³-hybridized carbons (Fsp3) is 0.526. The maximum atomic E-state index is 12.1. The number of aromatic nitrogens is 4. The third-order valence-corrected chi connectivity index (χ3v) is 5.07. The summed E-state index contributed by atoms with van der Waals surface area (Å²) in [6.07, 6.45) is 4.91. The van der Waals surface area contributed by atoms with Crippen molar-refractivity contribution in [1.29, 1.82) is 0 Å². The fourth-order valence-electron chi connectivity index (χ4n) is 3.42. The van der Waals surface area contributed by atoms with Crippen LogP contribution in [0.2, 0.25) is 0 Å². The SMILES string of the molecule is Cc1ccccc1Cc1nnn(CC(=O)NC(=O)NC2CCCCC2C)n1. The van der Waals surface area contributed by atoms with Crippen LogP contribution in [-0.2, 0) is 17.8 Å². The highest BCUT2D eigenvalue weighted by molar-refractivity contribution is 5.94. The van der Waals surface area contributed by atoms with Gasteiger partial charge in [-0.25, -0.2) is 4.79 Å². The molecule has 1 aliphatic rings. The van der Waals surface area contributed by atoms with Crippen molar-refractivity contribution < 1.29 is 9.59 Å². The molecule has 0 spiro atoms. The Morgan fingerprint density at radius 1 is 1.22 bits per heavy atom. The maximum absolute atomic E-state index is 12.1. The smallest absolute Gasteiger partial charge is 0.321 e. The van der Waals surface area contributed by atoms with Crippen LogP contribution in [0.15, 0.2) is 24.3 Å². The zero-order valence-corrected chi connectivity index (χ0v) is 15.8. The molecular formula is C19H26N6O2. The van der Waals surface area contributed by atoms with E-state index in [0.29, 0.717) is 18.2 Å². The Morgan fingerprint density at radius 3 is 2.78 bits per heavy atom. The highest BCUT2D eigenvalue weighted by Gasteiger charge is 2.23. The number of rotatable bonds is 5. The average molecular weight is 370 g/mol. The molecule has 1 saturated carbocycles. The Bertz CT molecular complexity index is 803. The Morgan fingerprint density at radius 2 is 2.00 bits per heavy atom. The van der Waals surface area contributed by atoms with Gasteiger partial charge >= 0.3 is 6.03 Å². The second-order valence-electron chi connectivity index (χ2n) is 7.23. The van der Waals surface area contributed by atoms with E-state index in [0.717, 1.165) is 30.4 Å². The zero-order valence-electron chi connectivity index (χ0n) is 15.8. The van der Waals surface area contributed by atoms with Crippen molar-refractivity contribution in [2.24, 2.45) is 5.92 Å². The van der Waals surface area contributed by atoms with Gasteiger partial charge in [-0.15, -0.1) is 10.2 Å². The molecule has 2 atom stereocenters. The summed E-state index contributed by atoms with van der Waals surface area (Å²) in [6.45, 7) is 4.01. The Kier molecular flexibility index (Phi) is 6.16. The van der Waals surface area contributed by atoms with Crippen LogP contribution in [0.3, 0.4) is 0 Å². The molecule has 2 N–H and O–H groups in total. The number of hydrogen-bond donors (Lipinski definition) is 2.